The average molecular weight is 312 g/mol. The summed E-state index contributed by atoms with van der Waals surface area (Å²) in [4.78, 5) is 0. The van der Waals surface area contributed by atoms with Gasteiger partial charge in [0.15, 0.2) is 0 Å². The van der Waals surface area contributed by atoms with E-state index in [4.69, 9.17) is 4.74 Å². The van der Waals surface area contributed by atoms with Gasteiger partial charge in [0.1, 0.15) is 5.75 Å². The van der Waals surface area contributed by atoms with E-state index in [-0.39, 0.29) is 6.04 Å². The molecule has 0 radical (unpaired) electrons. The predicted molar refractivity (Wildman–Crippen MR) is 85.4 cm³/mol. The lowest BCUT2D eigenvalue weighted by molar-refractivity contribution is 0.322. The van der Waals surface area contributed by atoms with Gasteiger partial charge < -0.3 is 10.1 Å². The number of ether oxygens (including phenoxy) is 1. The van der Waals surface area contributed by atoms with Crippen molar-refractivity contribution in [2.24, 2.45) is 0 Å². The standard InChI is InChI=1S/C15H24N2O3S/c1-12(2)16-11-13(3)21(18,19)17-9-6-10-20-15-8-5-4-7-14(15)17/h4-5,7-8,12-13,16H,6,9-11H2,1-3H3. The molecule has 118 valence electrons. The van der Waals surface area contributed by atoms with Gasteiger partial charge in [-0.15, -0.1) is 0 Å². The number of rotatable bonds is 5. The van der Waals surface area contributed by atoms with Gasteiger partial charge in [-0.3, -0.25) is 4.31 Å². The second-order valence-corrected chi connectivity index (χ2v) is 7.94. The van der Waals surface area contributed by atoms with Crippen LogP contribution in [0.15, 0.2) is 24.3 Å². The van der Waals surface area contributed by atoms with E-state index in [1.165, 1.54) is 4.31 Å². The van der Waals surface area contributed by atoms with Crippen molar-refractivity contribution in [1.29, 1.82) is 0 Å². The molecule has 1 heterocycles. The SMILES string of the molecule is CC(C)NCC(C)S(=O)(=O)N1CCCOc2ccccc21. The summed E-state index contributed by atoms with van der Waals surface area (Å²) >= 11 is 0. The molecule has 1 N–H and O–H groups in total. The van der Waals surface area contributed by atoms with Gasteiger partial charge in [-0.25, -0.2) is 8.42 Å². The third-order valence-corrected chi connectivity index (χ3v) is 5.70. The molecule has 0 bridgehead atoms. The van der Waals surface area contributed by atoms with Crippen LogP contribution in [-0.4, -0.2) is 39.4 Å². The van der Waals surface area contributed by atoms with Gasteiger partial charge in [-0.2, -0.15) is 0 Å². The van der Waals surface area contributed by atoms with Crippen LogP contribution in [0.4, 0.5) is 5.69 Å². The van der Waals surface area contributed by atoms with Crippen molar-refractivity contribution in [3.63, 3.8) is 0 Å². The number of para-hydroxylation sites is 2. The third-order valence-electron chi connectivity index (χ3n) is 3.53. The van der Waals surface area contributed by atoms with E-state index < -0.39 is 15.3 Å². The number of benzene rings is 1. The van der Waals surface area contributed by atoms with Crippen LogP contribution in [-0.2, 0) is 10.0 Å². The number of hydrogen-bond acceptors (Lipinski definition) is 4. The predicted octanol–water partition coefficient (Wildman–Crippen LogP) is 1.99. The van der Waals surface area contributed by atoms with Gasteiger partial charge in [0.25, 0.3) is 0 Å². The summed E-state index contributed by atoms with van der Waals surface area (Å²) in [5.74, 6) is 0.641. The van der Waals surface area contributed by atoms with Crippen LogP contribution < -0.4 is 14.4 Å². The van der Waals surface area contributed by atoms with Gasteiger partial charge in [0.2, 0.25) is 10.0 Å². The Labute approximate surface area is 127 Å². The molecule has 0 aromatic heterocycles. The van der Waals surface area contributed by atoms with Gasteiger partial charge in [0, 0.05) is 25.6 Å². The highest BCUT2D eigenvalue weighted by Crippen LogP contribution is 2.33. The van der Waals surface area contributed by atoms with Crippen molar-refractivity contribution in [3.05, 3.63) is 24.3 Å². The van der Waals surface area contributed by atoms with Crippen molar-refractivity contribution in [3.8, 4) is 5.75 Å². The summed E-state index contributed by atoms with van der Waals surface area (Å²) in [5, 5.41) is 2.71. The number of nitrogens with zero attached hydrogens (tertiary/aromatic N) is 1. The first-order chi connectivity index (χ1) is 9.93. The zero-order valence-electron chi connectivity index (χ0n) is 12.9. The Morgan fingerprint density at radius 3 is 2.71 bits per heavy atom. The largest absolute Gasteiger partial charge is 0.491 e. The molecule has 1 aromatic rings. The van der Waals surface area contributed by atoms with Crippen LogP contribution in [0.1, 0.15) is 27.2 Å². The molecule has 1 aromatic carbocycles. The van der Waals surface area contributed by atoms with Gasteiger partial charge in [-0.05, 0) is 19.1 Å². The molecular formula is C15H24N2O3S. The lowest BCUT2D eigenvalue weighted by atomic mass is 10.3. The van der Waals surface area contributed by atoms with E-state index in [9.17, 15) is 8.42 Å². The van der Waals surface area contributed by atoms with Crippen LogP contribution in [0, 0.1) is 0 Å². The van der Waals surface area contributed by atoms with E-state index in [2.05, 4.69) is 5.32 Å². The topological polar surface area (TPSA) is 58.6 Å². The molecule has 0 saturated heterocycles. The van der Waals surface area contributed by atoms with Crippen molar-refractivity contribution < 1.29 is 13.2 Å². The second-order valence-electron chi connectivity index (χ2n) is 5.66. The van der Waals surface area contributed by atoms with E-state index >= 15 is 0 Å². The zero-order valence-corrected chi connectivity index (χ0v) is 13.7. The molecule has 5 nitrogen and oxygen atoms in total. The molecule has 1 unspecified atom stereocenters. The molecule has 1 atom stereocenters. The third kappa shape index (κ3) is 3.68. The first-order valence-corrected chi connectivity index (χ1v) is 8.90. The molecule has 1 aliphatic rings. The Morgan fingerprint density at radius 1 is 1.29 bits per heavy atom. The maximum Gasteiger partial charge on any atom is 0.239 e. The molecule has 1 aliphatic heterocycles. The van der Waals surface area contributed by atoms with E-state index in [0.717, 1.165) is 0 Å². The van der Waals surface area contributed by atoms with Crippen LogP contribution in [0.2, 0.25) is 0 Å². The van der Waals surface area contributed by atoms with Gasteiger partial charge in [-0.1, -0.05) is 26.0 Å². The Kier molecular flexibility index (Phi) is 5.11. The monoisotopic (exact) mass is 312 g/mol. The fraction of sp³-hybridized carbons (Fsp3) is 0.600. The van der Waals surface area contributed by atoms with Gasteiger partial charge >= 0.3 is 0 Å². The smallest absolute Gasteiger partial charge is 0.239 e. The van der Waals surface area contributed by atoms with E-state index in [1.807, 2.05) is 32.0 Å². The Bertz CT molecular complexity index is 572. The summed E-state index contributed by atoms with van der Waals surface area (Å²) < 4.78 is 32.8. The van der Waals surface area contributed by atoms with Crippen LogP contribution in [0.25, 0.3) is 0 Å². The van der Waals surface area contributed by atoms with E-state index in [0.29, 0.717) is 37.6 Å². The molecular weight excluding hydrogens is 288 g/mol. The molecule has 0 amide bonds. The van der Waals surface area contributed by atoms with Crippen LogP contribution in [0.3, 0.4) is 0 Å². The first kappa shape index (κ1) is 16.1. The molecule has 0 spiro atoms. The summed E-state index contributed by atoms with van der Waals surface area (Å²) in [6.45, 7) is 7.22. The molecule has 6 heteroatoms. The van der Waals surface area contributed by atoms with E-state index in [1.54, 1.807) is 13.0 Å². The molecule has 0 aliphatic carbocycles. The number of hydrogen-bond donors (Lipinski definition) is 1. The normalized spacial score (nSPS) is 17.0. The number of nitrogens with one attached hydrogen (secondary N) is 1. The van der Waals surface area contributed by atoms with Crippen molar-refractivity contribution in [2.45, 2.75) is 38.5 Å². The quantitative estimate of drug-likeness (QED) is 0.903. The maximum atomic E-state index is 12.8. The van der Waals surface area contributed by atoms with Gasteiger partial charge in [0.05, 0.1) is 17.5 Å². The number of anilines is 1. The van der Waals surface area contributed by atoms with Crippen molar-refractivity contribution >= 4 is 15.7 Å². The number of sulfonamides is 1. The highest BCUT2D eigenvalue weighted by Gasteiger charge is 2.31. The first-order valence-electron chi connectivity index (χ1n) is 7.39. The minimum absolute atomic E-state index is 0.266. The Balaban J connectivity index is 2.27. The molecule has 21 heavy (non-hydrogen) atoms. The Hall–Kier alpha value is -1.27. The summed E-state index contributed by atoms with van der Waals surface area (Å²) in [5.41, 5.74) is 0.645. The lowest BCUT2D eigenvalue weighted by Crippen LogP contribution is -2.43. The summed E-state index contributed by atoms with van der Waals surface area (Å²) in [7, 11) is -3.40. The molecule has 0 saturated carbocycles. The maximum absolute atomic E-state index is 12.8. The molecule has 2 rings (SSSR count). The van der Waals surface area contributed by atoms with Crippen LogP contribution in [0.5, 0.6) is 5.75 Å². The minimum atomic E-state index is -3.40. The highest BCUT2D eigenvalue weighted by atomic mass is 32.2. The summed E-state index contributed by atoms with van der Waals surface area (Å²) in [6.07, 6.45) is 0.693. The zero-order chi connectivity index (χ0) is 15.5. The van der Waals surface area contributed by atoms with Crippen molar-refractivity contribution in [1.82, 2.24) is 5.32 Å². The minimum Gasteiger partial charge on any atom is -0.491 e. The van der Waals surface area contributed by atoms with Crippen LogP contribution >= 0.6 is 0 Å². The van der Waals surface area contributed by atoms with Crippen molar-refractivity contribution in [2.75, 3.05) is 24.0 Å². The number of fused-ring (bicyclic) bond motifs is 1. The average Bonchev–Trinajstić information content (AvgIpc) is 2.67. The molecule has 0 fully saturated rings. The second kappa shape index (κ2) is 6.66. The fourth-order valence-corrected chi connectivity index (χ4v) is 3.83. The summed E-state index contributed by atoms with van der Waals surface area (Å²) in [6, 6.07) is 7.59. The highest BCUT2D eigenvalue weighted by molar-refractivity contribution is 7.93. The Morgan fingerprint density at radius 2 is 2.00 bits per heavy atom. The lowest BCUT2D eigenvalue weighted by Gasteiger charge is -2.27. The fourth-order valence-electron chi connectivity index (χ4n) is 2.28.